The predicted octanol–water partition coefficient (Wildman–Crippen LogP) is 1.93. The van der Waals surface area contributed by atoms with Crippen LogP contribution in [0.2, 0.25) is 0 Å². The zero-order valence-electron chi connectivity index (χ0n) is 14.9. The molecule has 0 radical (unpaired) electrons. The largest absolute Gasteiger partial charge is 0.468 e. The fourth-order valence-electron chi connectivity index (χ4n) is 2.41. The molecule has 3 aromatic heterocycles. The Labute approximate surface area is 158 Å². The van der Waals surface area contributed by atoms with Crippen molar-refractivity contribution in [2.24, 2.45) is 4.99 Å². The molecule has 0 amide bonds. The number of guanidine groups is 1. The molecule has 8 nitrogen and oxygen atoms in total. The standard InChI is InChI=1S/C17H18F3N7O/c1-21-16(24-10-14-26-25-13-6-2-3-8-27(13)14)23-9-12-5-4-7-22-15(12)28-11-17(18,19)20/h2-8H,9-11H2,1H3,(H2,21,23,24). The summed E-state index contributed by atoms with van der Waals surface area (Å²) in [5.41, 5.74) is 1.20. The van der Waals surface area contributed by atoms with E-state index in [2.05, 4.69) is 30.8 Å². The number of ether oxygens (including phenoxy) is 1. The van der Waals surface area contributed by atoms with Gasteiger partial charge in [-0.2, -0.15) is 13.2 Å². The molecule has 0 saturated carbocycles. The molecule has 0 aliphatic rings. The third kappa shape index (κ3) is 5.09. The molecule has 0 atom stereocenters. The van der Waals surface area contributed by atoms with Gasteiger partial charge in [-0.1, -0.05) is 12.1 Å². The summed E-state index contributed by atoms with van der Waals surface area (Å²) in [6, 6.07) is 8.83. The lowest BCUT2D eigenvalue weighted by atomic mass is 10.2. The quantitative estimate of drug-likeness (QED) is 0.492. The molecule has 3 aromatic rings. The molecule has 0 bridgehead atoms. The molecule has 3 heterocycles. The molecule has 11 heteroatoms. The second-order valence-corrected chi connectivity index (χ2v) is 5.70. The molecular formula is C17H18F3N7O. The van der Waals surface area contributed by atoms with Crippen LogP contribution in [0, 0.1) is 0 Å². The van der Waals surface area contributed by atoms with E-state index in [1.807, 2.05) is 28.8 Å². The molecule has 28 heavy (non-hydrogen) atoms. The lowest BCUT2D eigenvalue weighted by molar-refractivity contribution is -0.154. The zero-order valence-corrected chi connectivity index (χ0v) is 14.9. The predicted molar refractivity (Wildman–Crippen MR) is 95.8 cm³/mol. The van der Waals surface area contributed by atoms with Gasteiger partial charge in [0.05, 0.1) is 6.54 Å². The number of nitrogens with one attached hydrogen (secondary N) is 2. The van der Waals surface area contributed by atoms with Gasteiger partial charge in [0.25, 0.3) is 0 Å². The highest BCUT2D eigenvalue weighted by Gasteiger charge is 2.29. The first-order valence-electron chi connectivity index (χ1n) is 8.33. The number of pyridine rings is 2. The third-order valence-corrected chi connectivity index (χ3v) is 3.69. The SMILES string of the molecule is CN=C(NCc1cccnc1OCC(F)(F)F)NCc1nnc2ccccn12. The highest BCUT2D eigenvalue weighted by Crippen LogP contribution is 2.19. The summed E-state index contributed by atoms with van der Waals surface area (Å²) in [7, 11) is 1.58. The Morgan fingerprint density at radius 2 is 1.96 bits per heavy atom. The molecule has 0 spiro atoms. The van der Waals surface area contributed by atoms with Gasteiger partial charge in [0.15, 0.2) is 24.0 Å². The molecule has 0 aromatic carbocycles. The number of rotatable bonds is 6. The monoisotopic (exact) mass is 393 g/mol. The minimum atomic E-state index is -4.43. The van der Waals surface area contributed by atoms with Crippen molar-refractivity contribution < 1.29 is 17.9 Å². The van der Waals surface area contributed by atoms with Crippen LogP contribution in [0.3, 0.4) is 0 Å². The first kappa shape index (κ1) is 19.4. The number of halogens is 3. The molecule has 3 rings (SSSR count). The fourth-order valence-corrected chi connectivity index (χ4v) is 2.41. The molecule has 0 aliphatic heterocycles. The van der Waals surface area contributed by atoms with Crippen LogP contribution < -0.4 is 15.4 Å². The first-order chi connectivity index (χ1) is 13.5. The Kier molecular flexibility index (Phi) is 5.92. The van der Waals surface area contributed by atoms with E-state index in [9.17, 15) is 13.2 Å². The Balaban J connectivity index is 1.59. The van der Waals surface area contributed by atoms with Gasteiger partial charge in [0, 0.05) is 31.5 Å². The van der Waals surface area contributed by atoms with Crippen LogP contribution >= 0.6 is 0 Å². The maximum Gasteiger partial charge on any atom is 0.422 e. The van der Waals surface area contributed by atoms with E-state index in [0.717, 1.165) is 5.65 Å². The molecule has 2 N–H and O–H groups in total. The zero-order chi connectivity index (χ0) is 20.0. The van der Waals surface area contributed by atoms with Crippen molar-refractivity contribution in [3.05, 3.63) is 54.1 Å². The molecule has 0 aliphatic carbocycles. The van der Waals surface area contributed by atoms with Crippen LogP contribution in [0.15, 0.2) is 47.7 Å². The number of fused-ring (bicyclic) bond motifs is 1. The highest BCUT2D eigenvalue weighted by atomic mass is 19.4. The summed E-state index contributed by atoms with van der Waals surface area (Å²) in [5, 5.41) is 14.3. The van der Waals surface area contributed by atoms with Gasteiger partial charge in [-0.15, -0.1) is 10.2 Å². The molecule has 0 fully saturated rings. The van der Waals surface area contributed by atoms with Crippen molar-refractivity contribution in [3.63, 3.8) is 0 Å². The van der Waals surface area contributed by atoms with Crippen molar-refractivity contribution in [2.45, 2.75) is 19.3 Å². The number of hydrogen-bond donors (Lipinski definition) is 2. The van der Waals surface area contributed by atoms with E-state index < -0.39 is 12.8 Å². The molecular weight excluding hydrogens is 375 g/mol. The number of alkyl halides is 3. The number of hydrogen-bond acceptors (Lipinski definition) is 5. The van der Waals surface area contributed by atoms with Gasteiger partial charge in [0.1, 0.15) is 0 Å². The van der Waals surface area contributed by atoms with Gasteiger partial charge in [-0.25, -0.2) is 4.98 Å². The minimum Gasteiger partial charge on any atom is -0.468 e. The summed E-state index contributed by atoms with van der Waals surface area (Å²) in [5.74, 6) is 1.05. The average molecular weight is 393 g/mol. The first-order valence-corrected chi connectivity index (χ1v) is 8.33. The van der Waals surface area contributed by atoms with Crippen LogP contribution in [0.5, 0.6) is 5.88 Å². The lowest BCUT2D eigenvalue weighted by Crippen LogP contribution is -2.37. The summed E-state index contributed by atoms with van der Waals surface area (Å²) < 4.78 is 43.7. The van der Waals surface area contributed by atoms with Gasteiger partial charge in [-0.3, -0.25) is 9.39 Å². The maximum atomic E-state index is 12.4. The van der Waals surface area contributed by atoms with Crippen LogP contribution in [0.1, 0.15) is 11.4 Å². The second kappa shape index (κ2) is 8.55. The normalized spacial score (nSPS) is 12.2. The van der Waals surface area contributed by atoms with Gasteiger partial charge in [0.2, 0.25) is 5.88 Å². The van der Waals surface area contributed by atoms with Gasteiger partial charge in [-0.05, 0) is 18.2 Å². The smallest absolute Gasteiger partial charge is 0.422 e. The van der Waals surface area contributed by atoms with E-state index in [0.29, 0.717) is 23.9 Å². The minimum absolute atomic E-state index is 0.0776. The molecule has 0 unspecified atom stereocenters. The number of aliphatic imine (C=N–C) groups is 1. The Morgan fingerprint density at radius 1 is 1.14 bits per heavy atom. The van der Waals surface area contributed by atoms with Crippen molar-refractivity contribution in [3.8, 4) is 5.88 Å². The lowest BCUT2D eigenvalue weighted by Gasteiger charge is -2.14. The molecule has 0 saturated heterocycles. The van der Waals surface area contributed by atoms with E-state index in [4.69, 9.17) is 4.74 Å². The highest BCUT2D eigenvalue weighted by molar-refractivity contribution is 5.79. The maximum absolute atomic E-state index is 12.4. The van der Waals surface area contributed by atoms with Crippen molar-refractivity contribution in [1.82, 2.24) is 30.2 Å². The summed E-state index contributed by atoms with van der Waals surface area (Å²) in [6.45, 7) is -0.861. The molecule has 148 valence electrons. The number of aromatic nitrogens is 4. The fraction of sp³-hybridized carbons (Fsp3) is 0.294. The Morgan fingerprint density at radius 3 is 2.75 bits per heavy atom. The van der Waals surface area contributed by atoms with Crippen molar-refractivity contribution >= 4 is 11.6 Å². The number of nitrogens with zero attached hydrogens (tertiary/aromatic N) is 5. The van der Waals surface area contributed by atoms with Crippen LogP contribution in [-0.4, -0.2) is 45.4 Å². The Hall–Kier alpha value is -3.37. The van der Waals surface area contributed by atoms with Crippen molar-refractivity contribution in [2.75, 3.05) is 13.7 Å². The van der Waals surface area contributed by atoms with Crippen LogP contribution in [-0.2, 0) is 13.1 Å². The Bertz CT molecular complexity index is 955. The van der Waals surface area contributed by atoms with E-state index in [1.165, 1.54) is 6.20 Å². The second-order valence-electron chi connectivity index (χ2n) is 5.70. The summed E-state index contributed by atoms with van der Waals surface area (Å²) in [6.07, 6.45) is -1.21. The van der Waals surface area contributed by atoms with Gasteiger partial charge < -0.3 is 15.4 Å². The topological polar surface area (TPSA) is 88.7 Å². The van der Waals surface area contributed by atoms with Crippen LogP contribution in [0.25, 0.3) is 5.65 Å². The third-order valence-electron chi connectivity index (χ3n) is 3.69. The van der Waals surface area contributed by atoms with E-state index >= 15 is 0 Å². The van der Waals surface area contributed by atoms with Gasteiger partial charge >= 0.3 is 6.18 Å². The van der Waals surface area contributed by atoms with Crippen LogP contribution in [0.4, 0.5) is 13.2 Å². The summed E-state index contributed by atoms with van der Waals surface area (Å²) >= 11 is 0. The van der Waals surface area contributed by atoms with Crippen molar-refractivity contribution in [1.29, 1.82) is 0 Å². The average Bonchev–Trinajstić information content (AvgIpc) is 3.10. The summed E-state index contributed by atoms with van der Waals surface area (Å²) in [4.78, 5) is 7.96. The van der Waals surface area contributed by atoms with E-state index in [-0.39, 0.29) is 12.4 Å². The van der Waals surface area contributed by atoms with E-state index in [1.54, 1.807) is 19.2 Å².